The Morgan fingerprint density at radius 2 is 2.16 bits per heavy atom. The molecule has 1 aromatic heterocycles. The summed E-state index contributed by atoms with van der Waals surface area (Å²) < 4.78 is 53.8. The Kier molecular flexibility index (Phi) is 5.59. The van der Waals surface area contributed by atoms with Crippen LogP contribution in [0.1, 0.15) is 13.3 Å². The third-order valence-electron chi connectivity index (χ3n) is 1.97. The van der Waals surface area contributed by atoms with Crippen LogP contribution in [0.4, 0.5) is 23.5 Å². The fourth-order valence-electron chi connectivity index (χ4n) is 1.00. The van der Waals surface area contributed by atoms with Crippen molar-refractivity contribution in [1.82, 2.24) is 9.97 Å². The second kappa shape index (κ2) is 6.74. The summed E-state index contributed by atoms with van der Waals surface area (Å²) in [4.78, 5) is 7.50. The smallest absolute Gasteiger partial charge is 0.340 e. The van der Waals surface area contributed by atoms with Crippen LogP contribution in [0.2, 0.25) is 5.02 Å². The molecule has 19 heavy (non-hydrogen) atoms. The summed E-state index contributed by atoms with van der Waals surface area (Å²) in [5, 5.41) is 2.65. The molecule has 0 saturated carbocycles. The van der Waals surface area contributed by atoms with Crippen molar-refractivity contribution < 1.29 is 22.3 Å². The van der Waals surface area contributed by atoms with E-state index in [0.29, 0.717) is 6.54 Å². The number of anilines is 1. The third kappa shape index (κ3) is 4.70. The average molecular weight is 302 g/mol. The van der Waals surface area contributed by atoms with Crippen LogP contribution in [0.25, 0.3) is 0 Å². The number of alkyl halides is 4. The Morgan fingerprint density at radius 1 is 1.47 bits per heavy atom. The second-order valence-electron chi connectivity index (χ2n) is 3.62. The van der Waals surface area contributed by atoms with Crippen LogP contribution in [0.15, 0.2) is 6.20 Å². The maximum Gasteiger partial charge on any atom is 0.340 e. The van der Waals surface area contributed by atoms with Crippen LogP contribution in [0.3, 0.4) is 0 Å². The number of rotatable bonds is 7. The molecule has 1 N–H and O–H groups in total. The Hall–Kier alpha value is -1.31. The first-order chi connectivity index (χ1) is 8.86. The molecule has 0 unspecified atom stereocenters. The highest BCUT2D eigenvalue weighted by Gasteiger charge is 2.42. The quantitative estimate of drug-likeness (QED) is 0.786. The highest BCUT2D eigenvalue weighted by molar-refractivity contribution is 6.31. The monoisotopic (exact) mass is 301 g/mol. The lowest BCUT2D eigenvalue weighted by atomic mass is 10.4. The molecule has 0 aromatic carbocycles. The zero-order valence-electron chi connectivity index (χ0n) is 9.97. The van der Waals surface area contributed by atoms with Crippen LogP contribution in [-0.4, -0.2) is 35.5 Å². The molecule has 4 nitrogen and oxygen atoms in total. The summed E-state index contributed by atoms with van der Waals surface area (Å²) in [5.74, 6) is -4.50. The molecule has 108 valence electrons. The van der Waals surface area contributed by atoms with Crippen molar-refractivity contribution in [2.75, 3.05) is 18.5 Å². The molecular weight excluding hydrogens is 290 g/mol. The van der Waals surface area contributed by atoms with E-state index in [-0.39, 0.29) is 16.9 Å². The molecule has 9 heteroatoms. The van der Waals surface area contributed by atoms with Gasteiger partial charge in [0.2, 0.25) is 11.8 Å². The number of nitrogens with zero attached hydrogens (tertiary/aromatic N) is 2. The molecule has 0 atom stereocenters. The number of ether oxygens (including phenoxy) is 1. The van der Waals surface area contributed by atoms with Crippen molar-refractivity contribution in [3.8, 4) is 5.88 Å². The lowest BCUT2D eigenvalue weighted by Crippen LogP contribution is -2.34. The van der Waals surface area contributed by atoms with Crippen LogP contribution in [0.5, 0.6) is 5.88 Å². The van der Waals surface area contributed by atoms with E-state index in [1.807, 2.05) is 6.92 Å². The van der Waals surface area contributed by atoms with Crippen molar-refractivity contribution in [2.45, 2.75) is 25.7 Å². The lowest BCUT2D eigenvalue weighted by molar-refractivity contribution is -0.148. The standard InChI is InChI=1S/C10H12ClF4N3O/c1-2-3-16-9-17-4-6(11)7(18-9)19-5-10(14,15)8(12)13/h4,8H,2-3,5H2,1H3,(H,16,17,18). The average Bonchev–Trinajstić information content (AvgIpc) is 2.36. The second-order valence-corrected chi connectivity index (χ2v) is 4.03. The Balaban J connectivity index is 2.71. The normalized spacial score (nSPS) is 11.7. The zero-order chi connectivity index (χ0) is 14.5. The van der Waals surface area contributed by atoms with E-state index in [4.69, 9.17) is 11.6 Å². The molecule has 1 heterocycles. The maximum atomic E-state index is 12.7. The Labute approximate surface area is 112 Å². The molecule has 0 radical (unpaired) electrons. The zero-order valence-corrected chi connectivity index (χ0v) is 10.7. The number of halogens is 5. The van der Waals surface area contributed by atoms with Gasteiger partial charge in [-0.1, -0.05) is 18.5 Å². The highest BCUT2D eigenvalue weighted by Crippen LogP contribution is 2.27. The minimum Gasteiger partial charge on any atom is -0.470 e. The topological polar surface area (TPSA) is 47.0 Å². The van der Waals surface area contributed by atoms with Gasteiger partial charge in [0.1, 0.15) is 5.02 Å². The van der Waals surface area contributed by atoms with Gasteiger partial charge in [-0.25, -0.2) is 13.8 Å². The largest absolute Gasteiger partial charge is 0.470 e. The minimum atomic E-state index is -4.26. The fourth-order valence-corrected chi connectivity index (χ4v) is 1.15. The predicted molar refractivity (Wildman–Crippen MR) is 62.3 cm³/mol. The van der Waals surface area contributed by atoms with Gasteiger partial charge in [0.05, 0.1) is 6.20 Å². The summed E-state index contributed by atoms with van der Waals surface area (Å²) in [7, 11) is 0. The maximum absolute atomic E-state index is 12.7. The van der Waals surface area contributed by atoms with Crippen molar-refractivity contribution in [3.63, 3.8) is 0 Å². The molecule has 0 amide bonds. The lowest BCUT2D eigenvalue weighted by Gasteiger charge is -2.16. The summed E-state index contributed by atoms with van der Waals surface area (Å²) >= 11 is 5.63. The highest BCUT2D eigenvalue weighted by atomic mass is 35.5. The van der Waals surface area contributed by atoms with E-state index >= 15 is 0 Å². The fraction of sp³-hybridized carbons (Fsp3) is 0.600. The number of hydrogen-bond donors (Lipinski definition) is 1. The molecular formula is C10H12ClF4N3O. The summed E-state index contributed by atoms with van der Waals surface area (Å²) in [5.41, 5.74) is 0. The number of hydrogen-bond acceptors (Lipinski definition) is 4. The van der Waals surface area contributed by atoms with E-state index in [1.54, 1.807) is 0 Å². The molecule has 0 aliphatic rings. The number of aromatic nitrogens is 2. The molecule has 1 aromatic rings. The molecule has 0 spiro atoms. The van der Waals surface area contributed by atoms with Crippen molar-refractivity contribution in [2.24, 2.45) is 0 Å². The van der Waals surface area contributed by atoms with Gasteiger partial charge in [0, 0.05) is 6.54 Å². The molecule has 0 saturated heterocycles. The van der Waals surface area contributed by atoms with Gasteiger partial charge in [-0.05, 0) is 6.42 Å². The van der Waals surface area contributed by atoms with Crippen LogP contribution in [0, 0.1) is 0 Å². The van der Waals surface area contributed by atoms with Gasteiger partial charge in [-0.2, -0.15) is 13.8 Å². The molecule has 0 fully saturated rings. The summed E-state index contributed by atoms with van der Waals surface area (Å²) in [6, 6.07) is 0. The van der Waals surface area contributed by atoms with Gasteiger partial charge in [-0.15, -0.1) is 0 Å². The molecule has 0 aliphatic heterocycles. The van der Waals surface area contributed by atoms with Gasteiger partial charge in [0.25, 0.3) is 0 Å². The third-order valence-corrected chi connectivity index (χ3v) is 2.22. The van der Waals surface area contributed by atoms with E-state index < -0.39 is 19.0 Å². The first kappa shape index (κ1) is 15.7. The van der Waals surface area contributed by atoms with E-state index in [0.717, 1.165) is 12.6 Å². The van der Waals surface area contributed by atoms with Crippen LogP contribution in [-0.2, 0) is 0 Å². The van der Waals surface area contributed by atoms with Crippen molar-refractivity contribution in [3.05, 3.63) is 11.2 Å². The summed E-state index contributed by atoms with van der Waals surface area (Å²) in [6.07, 6.45) is -1.88. The van der Waals surface area contributed by atoms with Crippen molar-refractivity contribution in [1.29, 1.82) is 0 Å². The summed E-state index contributed by atoms with van der Waals surface area (Å²) in [6.45, 7) is 0.965. The Morgan fingerprint density at radius 3 is 2.74 bits per heavy atom. The molecule has 0 bridgehead atoms. The SMILES string of the molecule is CCCNc1ncc(Cl)c(OCC(F)(F)C(F)F)n1. The van der Waals surface area contributed by atoms with Crippen molar-refractivity contribution >= 4 is 17.5 Å². The first-order valence-electron chi connectivity index (χ1n) is 5.42. The van der Waals surface area contributed by atoms with Crippen LogP contribution >= 0.6 is 11.6 Å². The number of nitrogens with one attached hydrogen (secondary N) is 1. The predicted octanol–water partition coefficient (Wildman–Crippen LogP) is 3.23. The first-order valence-corrected chi connectivity index (χ1v) is 5.79. The van der Waals surface area contributed by atoms with Gasteiger partial charge in [0.15, 0.2) is 6.61 Å². The van der Waals surface area contributed by atoms with E-state index in [1.165, 1.54) is 0 Å². The molecule has 1 rings (SSSR count). The molecule has 0 aliphatic carbocycles. The van der Waals surface area contributed by atoms with Gasteiger partial charge in [-0.3, -0.25) is 0 Å². The van der Waals surface area contributed by atoms with E-state index in [2.05, 4.69) is 20.0 Å². The minimum absolute atomic E-state index is 0.126. The van der Waals surface area contributed by atoms with Crippen LogP contribution < -0.4 is 10.1 Å². The van der Waals surface area contributed by atoms with Gasteiger partial charge < -0.3 is 10.1 Å². The Bertz CT molecular complexity index is 420. The van der Waals surface area contributed by atoms with E-state index in [9.17, 15) is 17.6 Å². The van der Waals surface area contributed by atoms with Gasteiger partial charge >= 0.3 is 12.3 Å².